The minimum Gasteiger partial charge on any atom is -0.0838 e. The first kappa shape index (κ1) is 12.8. The molecule has 0 amide bonds. The molecule has 0 unspecified atom stereocenters. The minimum atomic E-state index is 1.09. The molecule has 0 aliphatic rings. The van der Waals surface area contributed by atoms with Crippen LogP contribution in [0.5, 0.6) is 0 Å². The summed E-state index contributed by atoms with van der Waals surface area (Å²) in [6.07, 6.45) is 6.64. The van der Waals surface area contributed by atoms with E-state index in [9.17, 15) is 0 Å². The average Bonchev–Trinajstić information content (AvgIpc) is 2.35. The van der Waals surface area contributed by atoms with Crippen LogP contribution < -0.4 is 0 Å². The highest BCUT2D eigenvalue weighted by Gasteiger charge is 2.07. The monoisotopic (exact) mass is 214 g/mol. The van der Waals surface area contributed by atoms with Crippen molar-refractivity contribution < 1.29 is 0 Å². The highest BCUT2D eigenvalue weighted by Crippen LogP contribution is 2.28. The molecule has 1 aromatic rings. The Morgan fingerprint density at radius 3 is 2.25 bits per heavy atom. The van der Waals surface area contributed by atoms with Gasteiger partial charge in [0.2, 0.25) is 0 Å². The van der Waals surface area contributed by atoms with Crippen molar-refractivity contribution in [2.45, 2.75) is 40.5 Å². The van der Waals surface area contributed by atoms with E-state index in [4.69, 9.17) is 0 Å². The third-order valence-electron chi connectivity index (χ3n) is 3.05. The van der Waals surface area contributed by atoms with Crippen LogP contribution in [0.25, 0.3) is 5.57 Å². The summed E-state index contributed by atoms with van der Waals surface area (Å²) in [5.41, 5.74) is 5.65. The van der Waals surface area contributed by atoms with Gasteiger partial charge in [-0.05, 0) is 49.0 Å². The van der Waals surface area contributed by atoms with Crippen molar-refractivity contribution in [2.75, 3.05) is 0 Å². The van der Waals surface area contributed by atoms with Gasteiger partial charge in [0.1, 0.15) is 0 Å². The third-order valence-corrected chi connectivity index (χ3v) is 3.05. The van der Waals surface area contributed by atoms with Crippen molar-refractivity contribution in [3.8, 4) is 0 Å². The summed E-state index contributed by atoms with van der Waals surface area (Å²) < 4.78 is 0. The van der Waals surface area contributed by atoms with Gasteiger partial charge in [-0.3, -0.25) is 0 Å². The molecule has 0 N–H and O–H groups in total. The minimum absolute atomic E-state index is 1.09. The van der Waals surface area contributed by atoms with Crippen LogP contribution in [0.3, 0.4) is 0 Å². The number of allylic oxidation sites excluding steroid dienone is 4. The van der Waals surface area contributed by atoms with Crippen LogP contribution in [0.15, 0.2) is 42.0 Å². The van der Waals surface area contributed by atoms with E-state index in [0.717, 1.165) is 12.8 Å². The van der Waals surface area contributed by atoms with Gasteiger partial charge in [0.05, 0.1) is 0 Å². The van der Waals surface area contributed by atoms with E-state index >= 15 is 0 Å². The summed E-state index contributed by atoms with van der Waals surface area (Å²) in [5, 5.41) is 0. The molecule has 0 bridgehead atoms. The van der Waals surface area contributed by atoms with Crippen LogP contribution in [0.4, 0.5) is 0 Å². The molecule has 0 nitrogen and oxygen atoms in total. The van der Waals surface area contributed by atoms with Gasteiger partial charge >= 0.3 is 0 Å². The highest BCUT2D eigenvalue weighted by atomic mass is 14.1. The van der Waals surface area contributed by atoms with Crippen LogP contribution in [0, 0.1) is 0 Å². The Morgan fingerprint density at radius 1 is 1.06 bits per heavy atom. The first-order chi connectivity index (χ1) is 7.78. The molecular weight excluding hydrogens is 192 g/mol. The highest BCUT2D eigenvalue weighted by molar-refractivity contribution is 5.80. The van der Waals surface area contributed by atoms with Crippen LogP contribution in [-0.4, -0.2) is 0 Å². The molecule has 1 aromatic carbocycles. The van der Waals surface area contributed by atoms with E-state index in [1.807, 2.05) is 0 Å². The maximum Gasteiger partial charge on any atom is -0.0153 e. The summed E-state index contributed by atoms with van der Waals surface area (Å²) in [6.45, 7) is 8.68. The summed E-state index contributed by atoms with van der Waals surface area (Å²) in [4.78, 5) is 0. The number of rotatable bonds is 4. The predicted molar refractivity (Wildman–Crippen MR) is 73.5 cm³/mol. The summed E-state index contributed by atoms with van der Waals surface area (Å²) in [6, 6.07) is 8.70. The standard InChI is InChI=1S/C16H22/c1-5-13(6-2)15(8-4)16-12-10-9-11-14(16)7-3/h5,8-12H,6-7H2,1-4H3/b13-5-,15-8-. The molecule has 0 heteroatoms. The third kappa shape index (κ3) is 2.63. The van der Waals surface area contributed by atoms with Gasteiger partial charge in [-0.1, -0.05) is 50.3 Å². The molecule has 0 radical (unpaired) electrons. The Balaban J connectivity index is 3.24. The van der Waals surface area contributed by atoms with E-state index in [1.165, 1.54) is 22.3 Å². The van der Waals surface area contributed by atoms with E-state index < -0.39 is 0 Å². The number of hydrogen-bond acceptors (Lipinski definition) is 0. The smallest absolute Gasteiger partial charge is 0.0153 e. The number of aryl methyl sites for hydroxylation is 1. The predicted octanol–water partition coefficient (Wildman–Crippen LogP) is 5.01. The molecule has 1 rings (SSSR count). The lowest BCUT2D eigenvalue weighted by molar-refractivity contribution is 1.11. The molecule has 0 fully saturated rings. The SMILES string of the molecule is C/C=C(CC)\C(=C\C)c1ccccc1CC. The lowest BCUT2D eigenvalue weighted by atomic mass is 9.91. The summed E-state index contributed by atoms with van der Waals surface area (Å²) >= 11 is 0. The zero-order valence-electron chi connectivity index (χ0n) is 10.9. The van der Waals surface area contributed by atoms with Crippen molar-refractivity contribution >= 4 is 5.57 Å². The second-order valence-electron chi connectivity index (χ2n) is 3.88. The largest absolute Gasteiger partial charge is 0.0838 e. The van der Waals surface area contributed by atoms with Gasteiger partial charge in [0.25, 0.3) is 0 Å². The van der Waals surface area contributed by atoms with Gasteiger partial charge < -0.3 is 0 Å². The molecule has 16 heavy (non-hydrogen) atoms. The van der Waals surface area contributed by atoms with E-state index in [-0.39, 0.29) is 0 Å². The molecule has 0 aliphatic carbocycles. The molecule has 0 spiro atoms. The quantitative estimate of drug-likeness (QED) is 0.618. The molecule has 0 saturated carbocycles. The van der Waals surface area contributed by atoms with Gasteiger partial charge in [0.15, 0.2) is 0 Å². The number of benzene rings is 1. The zero-order chi connectivity index (χ0) is 12.0. The Labute approximate surface area is 99.7 Å². The molecule has 0 saturated heterocycles. The lowest BCUT2D eigenvalue weighted by Crippen LogP contribution is -1.94. The van der Waals surface area contributed by atoms with Crippen molar-refractivity contribution in [1.82, 2.24) is 0 Å². The lowest BCUT2D eigenvalue weighted by Gasteiger charge is -2.14. The molecule has 0 atom stereocenters. The topological polar surface area (TPSA) is 0 Å². The Hall–Kier alpha value is -1.30. The number of hydrogen-bond donors (Lipinski definition) is 0. The fourth-order valence-corrected chi connectivity index (χ4v) is 2.16. The van der Waals surface area contributed by atoms with Gasteiger partial charge in [0, 0.05) is 0 Å². The summed E-state index contributed by atoms with van der Waals surface area (Å²) in [5.74, 6) is 0. The zero-order valence-corrected chi connectivity index (χ0v) is 10.9. The van der Waals surface area contributed by atoms with Crippen molar-refractivity contribution in [3.05, 3.63) is 53.1 Å². The Kier molecular flexibility index (Phi) is 5.04. The average molecular weight is 214 g/mol. The molecule has 86 valence electrons. The van der Waals surface area contributed by atoms with Crippen LogP contribution >= 0.6 is 0 Å². The van der Waals surface area contributed by atoms with Gasteiger partial charge in [-0.25, -0.2) is 0 Å². The first-order valence-corrected chi connectivity index (χ1v) is 6.18. The van der Waals surface area contributed by atoms with E-state index in [1.54, 1.807) is 0 Å². The molecule has 0 heterocycles. The fourth-order valence-electron chi connectivity index (χ4n) is 2.16. The maximum absolute atomic E-state index is 2.23. The van der Waals surface area contributed by atoms with Crippen molar-refractivity contribution in [1.29, 1.82) is 0 Å². The van der Waals surface area contributed by atoms with Crippen LogP contribution in [0.2, 0.25) is 0 Å². The fraction of sp³-hybridized carbons (Fsp3) is 0.375. The van der Waals surface area contributed by atoms with E-state index in [2.05, 4.69) is 64.1 Å². The van der Waals surface area contributed by atoms with E-state index in [0.29, 0.717) is 0 Å². The van der Waals surface area contributed by atoms with Crippen molar-refractivity contribution in [3.63, 3.8) is 0 Å². The van der Waals surface area contributed by atoms with Crippen LogP contribution in [-0.2, 0) is 6.42 Å². The Bertz CT molecular complexity index is 394. The second kappa shape index (κ2) is 6.32. The second-order valence-corrected chi connectivity index (χ2v) is 3.88. The normalized spacial score (nSPS) is 13.0. The maximum atomic E-state index is 2.23. The van der Waals surface area contributed by atoms with Crippen LogP contribution in [0.1, 0.15) is 45.2 Å². The van der Waals surface area contributed by atoms with Crippen molar-refractivity contribution in [2.24, 2.45) is 0 Å². The first-order valence-electron chi connectivity index (χ1n) is 6.18. The van der Waals surface area contributed by atoms with Gasteiger partial charge in [-0.2, -0.15) is 0 Å². The Morgan fingerprint density at radius 2 is 1.75 bits per heavy atom. The molecule has 0 aliphatic heterocycles. The molecular formula is C16H22. The molecule has 0 aromatic heterocycles. The van der Waals surface area contributed by atoms with Gasteiger partial charge in [-0.15, -0.1) is 0 Å². The summed E-state index contributed by atoms with van der Waals surface area (Å²) in [7, 11) is 0.